The van der Waals surface area contributed by atoms with Gasteiger partial charge in [0.25, 0.3) is 0 Å². The third-order valence-electron chi connectivity index (χ3n) is 4.41. The van der Waals surface area contributed by atoms with Crippen LogP contribution >= 0.6 is 0 Å². The van der Waals surface area contributed by atoms with Crippen LogP contribution in [-0.2, 0) is 12.1 Å². The lowest BCUT2D eigenvalue weighted by molar-refractivity contribution is 0.0558. The van der Waals surface area contributed by atoms with Crippen LogP contribution in [0.1, 0.15) is 24.0 Å². The van der Waals surface area contributed by atoms with Crippen LogP contribution in [0, 0.1) is 0 Å². The van der Waals surface area contributed by atoms with Gasteiger partial charge in [0.15, 0.2) is 0 Å². The predicted molar refractivity (Wildman–Crippen MR) is 81.3 cm³/mol. The van der Waals surface area contributed by atoms with Gasteiger partial charge in [-0.2, -0.15) is 0 Å². The summed E-state index contributed by atoms with van der Waals surface area (Å²) in [5, 5.41) is 10.1. The minimum absolute atomic E-state index is 0.184. The number of aliphatic hydroxyl groups excluding tert-OH is 1. The van der Waals surface area contributed by atoms with E-state index in [1.807, 2.05) is 12.1 Å². The maximum absolute atomic E-state index is 10.1. The van der Waals surface area contributed by atoms with Gasteiger partial charge in [0.05, 0.1) is 12.1 Å². The third kappa shape index (κ3) is 2.37. The van der Waals surface area contributed by atoms with E-state index < -0.39 is 0 Å². The molecule has 0 aliphatic carbocycles. The number of rotatable bonds is 4. The molecular weight excluding hydrogens is 246 g/mol. The van der Waals surface area contributed by atoms with Crippen LogP contribution in [0.3, 0.4) is 0 Å². The fourth-order valence-corrected chi connectivity index (χ4v) is 3.31. The highest BCUT2D eigenvalue weighted by Crippen LogP contribution is 2.39. The Morgan fingerprint density at radius 3 is 2.25 bits per heavy atom. The largest absolute Gasteiger partial charge is 0.394 e. The van der Waals surface area contributed by atoms with Crippen molar-refractivity contribution in [2.45, 2.75) is 24.9 Å². The average Bonchev–Trinajstić information content (AvgIpc) is 2.93. The van der Waals surface area contributed by atoms with Gasteiger partial charge in [-0.15, -0.1) is 0 Å². The lowest BCUT2D eigenvalue weighted by Crippen LogP contribution is -2.43. The Labute approximate surface area is 120 Å². The van der Waals surface area contributed by atoms with Crippen molar-refractivity contribution >= 4 is 0 Å². The zero-order chi connectivity index (χ0) is 13.8. The molecule has 1 heterocycles. The highest BCUT2D eigenvalue weighted by atomic mass is 16.3. The Balaban J connectivity index is 1.90. The summed E-state index contributed by atoms with van der Waals surface area (Å²) in [6.45, 7) is 2.13. The van der Waals surface area contributed by atoms with E-state index >= 15 is 0 Å². The summed E-state index contributed by atoms with van der Waals surface area (Å²) in [5.74, 6) is 0. The van der Waals surface area contributed by atoms with Crippen molar-refractivity contribution in [3.05, 3.63) is 71.8 Å². The van der Waals surface area contributed by atoms with E-state index in [0.29, 0.717) is 0 Å². The van der Waals surface area contributed by atoms with Crippen molar-refractivity contribution in [1.29, 1.82) is 0 Å². The molecule has 2 aromatic rings. The first-order chi connectivity index (χ1) is 9.85. The molecule has 1 aliphatic rings. The lowest BCUT2D eigenvalue weighted by atomic mass is 9.87. The van der Waals surface area contributed by atoms with Gasteiger partial charge in [-0.25, -0.2) is 0 Å². The van der Waals surface area contributed by atoms with E-state index in [9.17, 15) is 5.11 Å². The number of likely N-dealkylation sites (tertiary alicyclic amines) is 1. The van der Waals surface area contributed by atoms with Crippen LogP contribution in [0.2, 0.25) is 0 Å². The van der Waals surface area contributed by atoms with Crippen molar-refractivity contribution in [1.82, 2.24) is 4.90 Å². The van der Waals surface area contributed by atoms with Crippen molar-refractivity contribution in [3.8, 4) is 0 Å². The van der Waals surface area contributed by atoms with Gasteiger partial charge < -0.3 is 5.11 Å². The molecule has 2 heteroatoms. The summed E-state index contributed by atoms with van der Waals surface area (Å²) in [4.78, 5) is 2.43. The second-order valence-corrected chi connectivity index (χ2v) is 5.57. The summed E-state index contributed by atoms with van der Waals surface area (Å²) >= 11 is 0. The molecule has 1 atom stereocenters. The second-order valence-electron chi connectivity index (χ2n) is 5.57. The first-order valence-electron chi connectivity index (χ1n) is 7.30. The molecule has 0 saturated carbocycles. The van der Waals surface area contributed by atoms with E-state index in [1.165, 1.54) is 11.1 Å². The molecule has 3 rings (SSSR count). The van der Waals surface area contributed by atoms with E-state index in [-0.39, 0.29) is 12.1 Å². The lowest BCUT2D eigenvalue weighted by Gasteiger charge is -2.37. The zero-order valence-electron chi connectivity index (χ0n) is 11.7. The Hall–Kier alpha value is -1.64. The van der Waals surface area contributed by atoms with E-state index in [2.05, 4.69) is 53.4 Å². The number of hydrogen-bond acceptors (Lipinski definition) is 2. The van der Waals surface area contributed by atoms with Crippen molar-refractivity contribution in [3.63, 3.8) is 0 Å². The van der Waals surface area contributed by atoms with Crippen LogP contribution < -0.4 is 0 Å². The Kier molecular flexibility index (Phi) is 3.86. The molecule has 0 spiro atoms. The molecule has 0 radical (unpaired) electrons. The zero-order valence-corrected chi connectivity index (χ0v) is 11.7. The molecule has 0 aromatic heterocycles. The normalized spacial score (nSPS) is 23.1. The minimum Gasteiger partial charge on any atom is -0.394 e. The van der Waals surface area contributed by atoms with Gasteiger partial charge >= 0.3 is 0 Å². The molecule has 1 fully saturated rings. The number of benzene rings is 2. The molecule has 2 nitrogen and oxygen atoms in total. The van der Waals surface area contributed by atoms with Crippen LogP contribution in [0.25, 0.3) is 0 Å². The molecule has 1 aliphatic heterocycles. The molecule has 2 aromatic carbocycles. The van der Waals surface area contributed by atoms with E-state index in [1.54, 1.807) is 0 Å². The van der Waals surface area contributed by atoms with Gasteiger partial charge in [0.1, 0.15) is 0 Å². The van der Waals surface area contributed by atoms with Crippen LogP contribution in [0.5, 0.6) is 0 Å². The highest BCUT2D eigenvalue weighted by molar-refractivity contribution is 5.27. The average molecular weight is 267 g/mol. The summed E-state index contributed by atoms with van der Waals surface area (Å²) < 4.78 is 0. The summed E-state index contributed by atoms with van der Waals surface area (Å²) in [6.07, 6.45) is 2.17. The van der Waals surface area contributed by atoms with Crippen LogP contribution in [0.15, 0.2) is 60.7 Å². The van der Waals surface area contributed by atoms with Gasteiger partial charge in [-0.1, -0.05) is 60.7 Å². The number of nitrogens with zero attached hydrogens (tertiary/aromatic N) is 1. The van der Waals surface area contributed by atoms with E-state index in [4.69, 9.17) is 0 Å². The monoisotopic (exact) mass is 267 g/mol. The van der Waals surface area contributed by atoms with Crippen LogP contribution in [-0.4, -0.2) is 23.2 Å². The summed E-state index contributed by atoms with van der Waals surface area (Å²) in [6, 6.07) is 21.0. The van der Waals surface area contributed by atoms with E-state index in [0.717, 1.165) is 25.9 Å². The van der Waals surface area contributed by atoms with Gasteiger partial charge in [-0.05, 0) is 30.5 Å². The molecule has 0 bridgehead atoms. The number of aliphatic hydroxyl groups is 1. The van der Waals surface area contributed by atoms with Gasteiger partial charge in [0.2, 0.25) is 0 Å². The summed E-state index contributed by atoms with van der Waals surface area (Å²) in [5.41, 5.74) is 2.33. The maximum atomic E-state index is 10.1. The molecule has 20 heavy (non-hydrogen) atoms. The first kappa shape index (κ1) is 13.3. The third-order valence-corrected chi connectivity index (χ3v) is 4.41. The SMILES string of the molecule is OCC1(c2ccccc2)CCCN1Cc1ccccc1. The maximum Gasteiger partial charge on any atom is 0.0697 e. The Morgan fingerprint density at radius 1 is 0.950 bits per heavy atom. The number of hydrogen-bond donors (Lipinski definition) is 1. The minimum atomic E-state index is -0.211. The van der Waals surface area contributed by atoms with Crippen molar-refractivity contribution in [2.75, 3.05) is 13.2 Å². The second kappa shape index (κ2) is 5.78. The molecule has 1 unspecified atom stereocenters. The van der Waals surface area contributed by atoms with Crippen molar-refractivity contribution in [2.24, 2.45) is 0 Å². The van der Waals surface area contributed by atoms with Gasteiger partial charge in [-0.3, -0.25) is 4.90 Å². The fourth-order valence-electron chi connectivity index (χ4n) is 3.31. The molecule has 1 N–H and O–H groups in total. The quantitative estimate of drug-likeness (QED) is 0.919. The van der Waals surface area contributed by atoms with Crippen LogP contribution in [0.4, 0.5) is 0 Å². The summed E-state index contributed by atoms with van der Waals surface area (Å²) in [7, 11) is 0. The molecule has 1 saturated heterocycles. The molecule has 0 amide bonds. The predicted octanol–water partition coefficient (Wildman–Crippen LogP) is 3.17. The smallest absolute Gasteiger partial charge is 0.0697 e. The topological polar surface area (TPSA) is 23.5 Å². The Morgan fingerprint density at radius 2 is 1.60 bits per heavy atom. The fraction of sp³-hybridized carbons (Fsp3) is 0.333. The van der Waals surface area contributed by atoms with Crippen molar-refractivity contribution < 1.29 is 5.11 Å². The molecular formula is C18H21NO. The first-order valence-corrected chi connectivity index (χ1v) is 7.30. The highest BCUT2D eigenvalue weighted by Gasteiger charge is 2.41. The standard InChI is InChI=1S/C18H21NO/c20-15-18(17-10-5-2-6-11-17)12-7-13-19(18)14-16-8-3-1-4-9-16/h1-6,8-11,20H,7,12-15H2. The Bertz CT molecular complexity index is 540. The van der Waals surface area contributed by atoms with Gasteiger partial charge in [0, 0.05) is 6.54 Å². The molecule has 104 valence electrons.